The Balaban J connectivity index is 2.47. The third kappa shape index (κ3) is 2.97. The lowest BCUT2D eigenvalue weighted by atomic mass is 10.2. The van der Waals surface area contributed by atoms with Gasteiger partial charge in [-0.1, -0.05) is 30.3 Å². The first kappa shape index (κ1) is 14.8. The molecule has 5 heteroatoms. The molecular weight excluding hydrogens is 270 g/mol. The Morgan fingerprint density at radius 2 is 1.90 bits per heavy atom. The standard InChI is InChI=1S/C16H17NO4/c1-11-12(2)17(9-13-7-5-4-6-8-13)15(14(11)10-18)21-16(19)20-3/h4-8,10H,9H2,1-3H3. The average Bonchev–Trinajstić information content (AvgIpc) is 2.72. The Kier molecular flexibility index (Phi) is 4.42. The van der Waals surface area contributed by atoms with Gasteiger partial charge in [-0.15, -0.1) is 0 Å². The number of nitrogens with zero attached hydrogens (tertiary/aromatic N) is 1. The molecule has 0 aliphatic rings. The van der Waals surface area contributed by atoms with Gasteiger partial charge in [-0.05, 0) is 25.0 Å². The van der Waals surface area contributed by atoms with Gasteiger partial charge < -0.3 is 14.0 Å². The van der Waals surface area contributed by atoms with E-state index in [9.17, 15) is 9.59 Å². The van der Waals surface area contributed by atoms with Gasteiger partial charge in [-0.2, -0.15) is 0 Å². The van der Waals surface area contributed by atoms with Crippen molar-refractivity contribution in [2.24, 2.45) is 0 Å². The van der Waals surface area contributed by atoms with Gasteiger partial charge in [0, 0.05) is 5.69 Å². The zero-order valence-corrected chi connectivity index (χ0v) is 12.3. The van der Waals surface area contributed by atoms with E-state index in [-0.39, 0.29) is 5.88 Å². The predicted molar refractivity (Wildman–Crippen MR) is 77.9 cm³/mol. The van der Waals surface area contributed by atoms with Gasteiger partial charge in [0.2, 0.25) is 5.88 Å². The maximum atomic E-state index is 11.4. The van der Waals surface area contributed by atoms with Crippen molar-refractivity contribution in [2.45, 2.75) is 20.4 Å². The summed E-state index contributed by atoms with van der Waals surface area (Å²) >= 11 is 0. The van der Waals surface area contributed by atoms with E-state index in [0.29, 0.717) is 18.4 Å². The number of methoxy groups -OCH3 is 1. The Morgan fingerprint density at radius 3 is 2.48 bits per heavy atom. The smallest absolute Gasteiger partial charge is 0.437 e. The molecule has 1 aromatic heterocycles. The summed E-state index contributed by atoms with van der Waals surface area (Å²) in [5, 5.41) is 0. The second-order valence-corrected chi connectivity index (χ2v) is 4.68. The van der Waals surface area contributed by atoms with Crippen LogP contribution in [0, 0.1) is 13.8 Å². The highest BCUT2D eigenvalue weighted by Crippen LogP contribution is 2.28. The molecule has 0 bridgehead atoms. The average molecular weight is 287 g/mol. The Morgan fingerprint density at radius 1 is 1.24 bits per heavy atom. The largest absolute Gasteiger partial charge is 0.514 e. The third-order valence-electron chi connectivity index (χ3n) is 3.48. The molecule has 5 nitrogen and oxygen atoms in total. The monoisotopic (exact) mass is 287 g/mol. The summed E-state index contributed by atoms with van der Waals surface area (Å²) in [6.07, 6.45) is -0.146. The molecule has 0 unspecified atom stereocenters. The van der Waals surface area contributed by atoms with Gasteiger partial charge in [0.15, 0.2) is 6.29 Å². The molecule has 0 saturated carbocycles. The first-order valence-electron chi connectivity index (χ1n) is 6.53. The Hall–Kier alpha value is -2.56. The molecule has 0 fully saturated rings. The fourth-order valence-corrected chi connectivity index (χ4v) is 2.18. The summed E-state index contributed by atoms with van der Waals surface area (Å²) in [6.45, 7) is 4.22. The summed E-state index contributed by atoms with van der Waals surface area (Å²) in [5.74, 6) is 0.218. The quantitative estimate of drug-likeness (QED) is 0.640. The summed E-state index contributed by atoms with van der Waals surface area (Å²) in [7, 11) is 1.23. The minimum absolute atomic E-state index is 0.218. The maximum Gasteiger partial charge on any atom is 0.514 e. The highest BCUT2D eigenvalue weighted by molar-refractivity contribution is 5.83. The van der Waals surface area contributed by atoms with Crippen molar-refractivity contribution in [3.63, 3.8) is 0 Å². The van der Waals surface area contributed by atoms with Crippen LogP contribution in [0.3, 0.4) is 0 Å². The third-order valence-corrected chi connectivity index (χ3v) is 3.48. The molecule has 0 spiro atoms. The second-order valence-electron chi connectivity index (χ2n) is 4.68. The molecule has 2 rings (SSSR count). The number of aromatic nitrogens is 1. The minimum atomic E-state index is -0.843. The fourth-order valence-electron chi connectivity index (χ4n) is 2.18. The van der Waals surface area contributed by atoms with Crippen LogP contribution in [0.2, 0.25) is 0 Å². The van der Waals surface area contributed by atoms with Crippen molar-refractivity contribution in [2.75, 3.05) is 7.11 Å². The van der Waals surface area contributed by atoms with E-state index in [0.717, 1.165) is 16.8 Å². The number of rotatable bonds is 4. The van der Waals surface area contributed by atoms with Crippen LogP contribution in [0.4, 0.5) is 4.79 Å². The molecule has 0 radical (unpaired) electrons. The van der Waals surface area contributed by atoms with Crippen LogP contribution in [0.25, 0.3) is 0 Å². The van der Waals surface area contributed by atoms with E-state index >= 15 is 0 Å². The first-order chi connectivity index (χ1) is 10.1. The number of aldehydes is 1. The van der Waals surface area contributed by atoms with Crippen LogP contribution in [-0.4, -0.2) is 24.1 Å². The van der Waals surface area contributed by atoms with Gasteiger partial charge in [0.05, 0.1) is 19.2 Å². The molecule has 1 aromatic carbocycles. The SMILES string of the molecule is COC(=O)Oc1c(C=O)c(C)c(C)n1Cc1ccccc1. The number of benzene rings is 1. The summed E-state index contributed by atoms with van der Waals surface area (Å²) in [6, 6.07) is 9.74. The summed E-state index contributed by atoms with van der Waals surface area (Å²) in [5.41, 5.74) is 3.08. The van der Waals surface area contributed by atoms with Gasteiger partial charge in [-0.25, -0.2) is 4.79 Å². The number of carbonyl (C=O) groups excluding carboxylic acids is 2. The van der Waals surface area contributed by atoms with Crippen LogP contribution in [-0.2, 0) is 11.3 Å². The van der Waals surface area contributed by atoms with Crippen molar-refractivity contribution in [3.8, 4) is 5.88 Å². The lowest BCUT2D eigenvalue weighted by Gasteiger charge is -2.11. The zero-order chi connectivity index (χ0) is 15.4. The van der Waals surface area contributed by atoms with Gasteiger partial charge in [0.25, 0.3) is 0 Å². The van der Waals surface area contributed by atoms with E-state index in [1.54, 1.807) is 4.57 Å². The van der Waals surface area contributed by atoms with Crippen LogP contribution in [0.15, 0.2) is 30.3 Å². The molecular formula is C16H17NO4. The predicted octanol–water partition coefficient (Wildman–Crippen LogP) is 3.11. The van der Waals surface area contributed by atoms with E-state index in [2.05, 4.69) is 4.74 Å². The van der Waals surface area contributed by atoms with Crippen LogP contribution in [0.5, 0.6) is 5.88 Å². The van der Waals surface area contributed by atoms with Crippen molar-refractivity contribution in [1.29, 1.82) is 0 Å². The molecule has 0 amide bonds. The lowest BCUT2D eigenvalue weighted by molar-refractivity contribution is 0.110. The van der Waals surface area contributed by atoms with Gasteiger partial charge >= 0.3 is 6.16 Å². The number of hydrogen-bond acceptors (Lipinski definition) is 4. The van der Waals surface area contributed by atoms with Crippen LogP contribution < -0.4 is 4.74 Å². The number of hydrogen-bond donors (Lipinski definition) is 0. The van der Waals surface area contributed by atoms with Gasteiger partial charge in [0.1, 0.15) is 0 Å². The fraction of sp³-hybridized carbons (Fsp3) is 0.250. The molecule has 2 aromatic rings. The van der Waals surface area contributed by atoms with E-state index in [4.69, 9.17) is 4.74 Å². The first-order valence-corrected chi connectivity index (χ1v) is 6.53. The van der Waals surface area contributed by atoms with E-state index in [1.165, 1.54) is 7.11 Å². The summed E-state index contributed by atoms with van der Waals surface area (Å²) < 4.78 is 11.5. The van der Waals surface area contributed by atoms with E-state index in [1.807, 2.05) is 44.2 Å². The second kappa shape index (κ2) is 6.26. The molecule has 1 heterocycles. The Bertz CT molecular complexity index is 659. The molecule has 0 saturated heterocycles. The molecule has 21 heavy (non-hydrogen) atoms. The van der Waals surface area contributed by atoms with Crippen molar-refractivity contribution in [3.05, 3.63) is 52.7 Å². The highest BCUT2D eigenvalue weighted by Gasteiger charge is 2.21. The van der Waals surface area contributed by atoms with Crippen molar-refractivity contribution in [1.82, 2.24) is 4.57 Å². The maximum absolute atomic E-state index is 11.4. The van der Waals surface area contributed by atoms with Gasteiger partial charge in [-0.3, -0.25) is 4.79 Å². The lowest BCUT2D eigenvalue weighted by Crippen LogP contribution is -2.13. The van der Waals surface area contributed by atoms with Crippen LogP contribution in [0.1, 0.15) is 27.2 Å². The number of carbonyl (C=O) groups is 2. The van der Waals surface area contributed by atoms with E-state index < -0.39 is 6.16 Å². The minimum Gasteiger partial charge on any atom is -0.437 e. The molecule has 0 aliphatic heterocycles. The Labute approximate surface area is 123 Å². The van der Waals surface area contributed by atoms with Crippen molar-refractivity contribution >= 4 is 12.4 Å². The molecule has 110 valence electrons. The van der Waals surface area contributed by atoms with Crippen LogP contribution >= 0.6 is 0 Å². The molecule has 0 N–H and O–H groups in total. The highest BCUT2D eigenvalue weighted by atomic mass is 16.7. The number of ether oxygens (including phenoxy) is 2. The van der Waals surface area contributed by atoms with Crippen molar-refractivity contribution < 1.29 is 19.1 Å². The summed E-state index contributed by atoms with van der Waals surface area (Å²) in [4.78, 5) is 22.7. The topological polar surface area (TPSA) is 57.5 Å². The molecule has 0 atom stereocenters. The zero-order valence-electron chi connectivity index (χ0n) is 12.3. The molecule has 0 aliphatic carbocycles. The normalized spacial score (nSPS) is 10.2.